The van der Waals surface area contributed by atoms with Crippen molar-refractivity contribution in [2.75, 3.05) is 19.5 Å². The van der Waals surface area contributed by atoms with Gasteiger partial charge in [-0.1, -0.05) is 6.07 Å². The molecule has 0 atom stereocenters. The summed E-state index contributed by atoms with van der Waals surface area (Å²) in [4.78, 5) is 24.6. The highest BCUT2D eigenvalue weighted by molar-refractivity contribution is 5.92. The van der Waals surface area contributed by atoms with E-state index in [-0.39, 0.29) is 11.6 Å². The molecule has 2 N–H and O–H groups in total. The zero-order chi connectivity index (χ0) is 19.1. The molecule has 0 bridgehead atoms. The van der Waals surface area contributed by atoms with Crippen LogP contribution < -0.4 is 20.1 Å². The molecule has 0 saturated carbocycles. The molecule has 0 aliphatic heterocycles. The molecule has 8 nitrogen and oxygen atoms in total. The van der Waals surface area contributed by atoms with Gasteiger partial charge >= 0.3 is 0 Å². The van der Waals surface area contributed by atoms with Crippen molar-refractivity contribution in [3.63, 3.8) is 0 Å². The number of anilines is 2. The van der Waals surface area contributed by atoms with Crippen molar-refractivity contribution in [3.8, 4) is 11.5 Å². The van der Waals surface area contributed by atoms with Gasteiger partial charge in [-0.25, -0.2) is 9.97 Å². The van der Waals surface area contributed by atoms with Crippen LogP contribution in [0.3, 0.4) is 0 Å². The standard InChI is InChI=1S/C19H19N5O3/c1-26-14-5-6-17(27-2)15(8-14)24-18-12-21-16(11-22-18)19(25)23-10-13-4-3-7-20-9-13/h3-9,11-12H,10H2,1-2H3,(H,22,24)(H,23,25). The minimum atomic E-state index is -0.308. The summed E-state index contributed by atoms with van der Waals surface area (Å²) in [6.45, 7) is 0.370. The number of nitrogens with zero attached hydrogens (tertiary/aromatic N) is 3. The smallest absolute Gasteiger partial charge is 0.271 e. The van der Waals surface area contributed by atoms with Crippen molar-refractivity contribution in [3.05, 3.63) is 66.4 Å². The lowest BCUT2D eigenvalue weighted by molar-refractivity contribution is 0.0945. The zero-order valence-corrected chi connectivity index (χ0v) is 15.0. The number of benzene rings is 1. The molecule has 138 valence electrons. The Morgan fingerprint density at radius 2 is 1.96 bits per heavy atom. The predicted octanol–water partition coefficient (Wildman–Crippen LogP) is 2.56. The lowest BCUT2D eigenvalue weighted by Gasteiger charge is -2.12. The summed E-state index contributed by atoms with van der Waals surface area (Å²) < 4.78 is 10.5. The lowest BCUT2D eigenvalue weighted by atomic mass is 10.2. The number of ether oxygens (including phenoxy) is 2. The molecule has 2 heterocycles. The van der Waals surface area contributed by atoms with Gasteiger partial charge in [-0.05, 0) is 23.8 Å². The monoisotopic (exact) mass is 365 g/mol. The molecule has 2 aromatic heterocycles. The summed E-state index contributed by atoms with van der Waals surface area (Å²) in [5.41, 5.74) is 1.81. The second-order valence-corrected chi connectivity index (χ2v) is 5.52. The first-order chi connectivity index (χ1) is 13.2. The van der Waals surface area contributed by atoms with Gasteiger partial charge in [-0.15, -0.1) is 0 Å². The third kappa shape index (κ3) is 4.69. The number of rotatable bonds is 7. The van der Waals surface area contributed by atoms with Gasteiger partial charge in [0.25, 0.3) is 5.91 Å². The molecule has 3 rings (SSSR count). The summed E-state index contributed by atoms with van der Waals surface area (Å²) in [6.07, 6.45) is 6.27. The van der Waals surface area contributed by atoms with Crippen LogP contribution in [0.15, 0.2) is 55.1 Å². The first-order valence-corrected chi connectivity index (χ1v) is 8.18. The third-order valence-corrected chi connectivity index (χ3v) is 3.73. The Kier molecular flexibility index (Phi) is 5.78. The van der Waals surface area contributed by atoms with E-state index in [1.165, 1.54) is 12.4 Å². The first kappa shape index (κ1) is 18.1. The molecule has 0 spiro atoms. The maximum Gasteiger partial charge on any atom is 0.271 e. The van der Waals surface area contributed by atoms with Gasteiger partial charge in [0.2, 0.25) is 0 Å². The summed E-state index contributed by atoms with van der Waals surface area (Å²) >= 11 is 0. The Labute approximate surface area is 156 Å². The number of hydrogen-bond donors (Lipinski definition) is 2. The highest BCUT2D eigenvalue weighted by Gasteiger charge is 2.10. The Hall–Kier alpha value is -3.68. The molecule has 0 aliphatic carbocycles. The first-order valence-electron chi connectivity index (χ1n) is 8.18. The van der Waals surface area contributed by atoms with E-state index in [0.717, 1.165) is 5.56 Å². The van der Waals surface area contributed by atoms with E-state index in [1.54, 1.807) is 44.8 Å². The van der Waals surface area contributed by atoms with Crippen molar-refractivity contribution in [1.29, 1.82) is 0 Å². The third-order valence-electron chi connectivity index (χ3n) is 3.73. The molecular weight excluding hydrogens is 346 g/mol. The molecule has 0 aliphatic rings. The van der Waals surface area contributed by atoms with E-state index in [4.69, 9.17) is 9.47 Å². The molecule has 1 amide bonds. The van der Waals surface area contributed by atoms with Crippen LogP contribution in [0.4, 0.5) is 11.5 Å². The average Bonchev–Trinajstić information content (AvgIpc) is 2.73. The Bertz CT molecular complexity index is 901. The molecule has 0 radical (unpaired) electrons. The maximum atomic E-state index is 12.2. The number of aromatic nitrogens is 3. The second-order valence-electron chi connectivity index (χ2n) is 5.52. The van der Waals surface area contributed by atoms with Crippen molar-refractivity contribution in [2.45, 2.75) is 6.54 Å². The molecule has 1 aromatic carbocycles. The fraction of sp³-hybridized carbons (Fsp3) is 0.158. The van der Waals surface area contributed by atoms with E-state index in [2.05, 4.69) is 25.6 Å². The van der Waals surface area contributed by atoms with Crippen molar-refractivity contribution in [1.82, 2.24) is 20.3 Å². The average molecular weight is 365 g/mol. The van der Waals surface area contributed by atoms with Gasteiger partial charge in [0.05, 0.1) is 32.3 Å². The molecule has 0 saturated heterocycles. The molecule has 27 heavy (non-hydrogen) atoms. The van der Waals surface area contributed by atoms with Crippen molar-refractivity contribution < 1.29 is 14.3 Å². The van der Waals surface area contributed by atoms with E-state index in [1.807, 2.05) is 12.1 Å². The summed E-state index contributed by atoms with van der Waals surface area (Å²) in [7, 11) is 3.17. The summed E-state index contributed by atoms with van der Waals surface area (Å²) in [5, 5.41) is 5.88. The molecule has 0 fully saturated rings. The number of hydrogen-bond acceptors (Lipinski definition) is 7. The van der Waals surface area contributed by atoms with Gasteiger partial charge in [0.15, 0.2) is 0 Å². The van der Waals surface area contributed by atoms with Crippen molar-refractivity contribution >= 4 is 17.4 Å². The maximum absolute atomic E-state index is 12.2. The summed E-state index contributed by atoms with van der Waals surface area (Å²) in [6, 6.07) is 9.07. The van der Waals surface area contributed by atoms with E-state index in [0.29, 0.717) is 29.5 Å². The zero-order valence-electron chi connectivity index (χ0n) is 15.0. The predicted molar refractivity (Wildman–Crippen MR) is 100 cm³/mol. The van der Waals surface area contributed by atoms with Gasteiger partial charge in [0, 0.05) is 25.0 Å². The van der Waals surface area contributed by atoms with E-state index in [9.17, 15) is 4.79 Å². The highest BCUT2D eigenvalue weighted by Crippen LogP contribution is 2.30. The molecule has 0 unspecified atom stereocenters. The van der Waals surface area contributed by atoms with Crippen LogP contribution in [0.5, 0.6) is 11.5 Å². The normalized spacial score (nSPS) is 10.1. The number of carbonyl (C=O) groups is 1. The Morgan fingerprint density at radius 3 is 2.63 bits per heavy atom. The van der Waals surface area contributed by atoms with Crippen LogP contribution in [0, 0.1) is 0 Å². The lowest BCUT2D eigenvalue weighted by Crippen LogP contribution is -2.24. The quantitative estimate of drug-likeness (QED) is 0.664. The number of carbonyl (C=O) groups excluding carboxylic acids is 1. The van der Waals surface area contributed by atoms with E-state index >= 15 is 0 Å². The van der Waals surface area contributed by atoms with Crippen LogP contribution in [0.25, 0.3) is 0 Å². The van der Waals surface area contributed by atoms with Gasteiger partial charge in [0.1, 0.15) is 23.0 Å². The number of methoxy groups -OCH3 is 2. The van der Waals surface area contributed by atoms with Crippen LogP contribution in [0.2, 0.25) is 0 Å². The van der Waals surface area contributed by atoms with Crippen LogP contribution in [0.1, 0.15) is 16.1 Å². The van der Waals surface area contributed by atoms with Gasteiger partial charge in [-0.2, -0.15) is 0 Å². The number of pyridine rings is 1. The largest absolute Gasteiger partial charge is 0.497 e. The molecule has 3 aromatic rings. The number of amides is 1. The van der Waals surface area contributed by atoms with Gasteiger partial charge < -0.3 is 20.1 Å². The minimum Gasteiger partial charge on any atom is -0.497 e. The fourth-order valence-corrected chi connectivity index (χ4v) is 2.34. The van der Waals surface area contributed by atoms with Crippen LogP contribution in [-0.2, 0) is 6.54 Å². The number of nitrogens with one attached hydrogen (secondary N) is 2. The minimum absolute atomic E-state index is 0.224. The van der Waals surface area contributed by atoms with Crippen LogP contribution in [-0.4, -0.2) is 35.1 Å². The Morgan fingerprint density at radius 1 is 1.07 bits per heavy atom. The Balaban J connectivity index is 1.66. The fourth-order valence-electron chi connectivity index (χ4n) is 2.34. The topological polar surface area (TPSA) is 98.3 Å². The highest BCUT2D eigenvalue weighted by atomic mass is 16.5. The van der Waals surface area contributed by atoms with Crippen molar-refractivity contribution in [2.24, 2.45) is 0 Å². The van der Waals surface area contributed by atoms with E-state index < -0.39 is 0 Å². The molecular formula is C19H19N5O3. The van der Waals surface area contributed by atoms with Crippen LogP contribution >= 0.6 is 0 Å². The summed E-state index contributed by atoms with van der Waals surface area (Å²) in [5.74, 6) is 1.48. The SMILES string of the molecule is COc1ccc(OC)c(Nc2cnc(C(=O)NCc3cccnc3)cn2)c1. The van der Waals surface area contributed by atoms with Gasteiger partial charge in [-0.3, -0.25) is 9.78 Å². The molecule has 8 heteroatoms. The second kappa shape index (κ2) is 8.61.